The summed E-state index contributed by atoms with van der Waals surface area (Å²) in [5.41, 5.74) is 0. The molecule has 2 unspecified atom stereocenters. The van der Waals surface area contributed by atoms with E-state index in [1.807, 2.05) is 0 Å². The maximum atomic E-state index is 3.74. The van der Waals surface area contributed by atoms with E-state index < -0.39 is 0 Å². The first-order chi connectivity index (χ1) is 8.26. The Morgan fingerprint density at radius 1 is 0.765 bits per heavy atom. The molecule has 0 aromatic heterocycles. The van der Waals surface area contributed by atoms with E-state index in [4.69, 9.17) is 0 Å². The van der Waals surface area contributed by atoms with Crippen LogP contribution in [0, 0.1) is 5.92 Å². The van der Waals surface area contributed by atoms with Crippen molar-refractivity contribution in [3.05, 3.63) is 0 Å². The van der Waals surface area contributed by atoms with Crippen LogP contribution >= 0.6 is 0 Å². The van der Waals surface area contributed by atoms with Crippen LogP contribution in [0.1, 0.15) is 85.5 Å². The van der Waals surface area contributed by atoms with Gasteiger partial charge < -0.3 is 5.32 Å². The van der Waals surface area contributed by atoms with Crippen LogP contribution in [0.15, 0.2) is 0 Å². The van der Waals surface area contributed by atoms with Crippen molar-refractivity contribution in [1.82, 2.24) is 5.32 Å². The van der Waals surface area contributed by atoms with Crippen molar-refractivity contribution < 1.29 is 0 Å². The summed E-state index contributed by atoms with van der Waals surface area (Å²) in [7, 11) is 0. The minimum Gasteiger partial charge on any atom is -0.314 e. The Morgan fingerprint density at radius 2 is 1.47 bits per heavy atom. The lowest BCUT2D eigenvalue weighted by molar-refractivity contribution is 0.328. The molecule has 17 heavy (non-hydrogen) atoms. The SMILES string of the molecule is CCCCCCCC(NCCC)C(C)CCC. The van der Waals surface area contributed by atoms with E-state index >= 15 is 0 Å². The van der Waals surface area contributed by atoms with Gasteiger partial charge in [-0.25, -0.2) is 0 Å². The van der Waals surface area contributed by atoms with Crippen molar-refractivity contribution >= 4 is 0 Å². The highest BCUT2D eigenvalue weighted by molar-refractivity contribution is 4.73. The second-order valence-electron chi connectivity index (χ2n) is 5.53. The molecule has 0 fully saturated rings. The summed E-state index contributed by atoms with van der Waals surface area (Å²) >= 11 is 0. The highest BCUT2D eigenvalue weighted by Gasteiger charge is 2.14. The van der Waals surface area contributed by atoms with E-state index in [9.17, 15) is 0 Å². The van der Waals surface area contributed by atoms with Gasteiger partial charge in [0.2, 0.25) is 0 Å². The maximum Gasteiger partial charge on any atom is 0.00926 e. The Kier molecular flexibility index (Phi) is 12.4. The van der Waals surface area contributed by atoms with Gasteiger partial charge in [0.25, 0.3) is 0 Å². The zero-order valence-electron chi connectivity index (χ0n) is 12.7. The van der Waals surface area contributed by atoms with Crippen LogP contribution in [-0.4, -0.2) is 12.6 Å². The van der Waals surface area contributed by atoms with E-state index in [0.717, 1.165) is 12.0 Å². The Bertz CT molecular complexity index is 144. The molecular formula is C16H35N. The topological polar surface area (TPSA) is 12.0 Å². The van der Waals surface area contributed by atoms with Gasteiger partial charge in [0, 0.05) is 6.04 Å². The van der Waals surface area contributed by atoms with Crippen LogP contribution in [0.25, 0.3) is 0 Å². The van der Waals surface area contributed by atoms with Gasteiger partial charge in [-0.05, 0) is 31.7 Å². The van der Waals surface area contributed by atoms with Crippen molar-refractivity contribution in [3.63, 3.8) is 0 Å². The molecule has 0 aromatic rings. The Labute approximate surface area is 110 Å². The molecular weight excluding hydrogens is 206 g/mol. The van der Waals surface area contributed by atoms with Crippen LogP contribution in [0.3, 0.4) is 0 Å². The maximum absolute atomic E-state index is 3.74. The second-order valence-corrected chi connectivity index (χ2v) is 5.53. The van der Waals surface area contributed by atoms with Crippen molar-refractivity contribution in [3.8, 4) is 0 Å². The molecule has 1 N–H and O–H groups in total. The smallest absolute Gasteiger partial charge is 0.00926 e. The van der Waals surface area contributed by atoms with Crippen LogP contribution in [0.2, 0.25) is 0 Å². The lowest BCUT2D eigenvalue weighted by atomic mass is 9.92. The lowest BCUT2D eigenvalue weighted by Gasteiger charge is -2.25. The van der Waals surface area contributed by atoms with Gasteiger partial charge in [-0.15, -0.1) is 0 Å². The molecule has 0 aliphatic carbocycles. The third-order valence-electron chi connectivity index (χ3n) is 3.71. The third kappa shape index (κ3) is 9.64. The van der Waals surface area contributed by atoms with Gasteiger partial charge in [0.15, 0.2) is 0 Å². The number of nitrogens with one attached hydrogen (secondary N) is 1. The minimum absolute atomic E-state index is 0.761. The first-order valence-corrected chi connectivity index (χ1v) is 7.99. The summed E-state index contributed by atoms with van der Waals surface area (Å²) in [6.07, 6.45) is 12.4. The summed E-state index contributed by atoms with van der Waals surface area (Å²) in [5, 5.41) is 3.74. The highest BCUT2D eigenvalue weighted by Crippen LogP contribution is 2.17. The van der Waals surface area contributed by atoms with Gasteiger partial charge in [-0.2, -0.15) is 0 Å². The average Bonchev–Trinajstić information content (AvgIpc) is 2.33. The number of hydrogen-bond acceptors (Lipinski definition) is 1. The summed E-state index contributed by atoms with van der Waals surface area (Å²) in [6, 6.07) is 0.761. The number of rotatable bonds is 12. The molecule has 0 heterocycles. The molecule has 0 aliphatic heterocycles. The number of unbranched alkanes of at least 4 members (excludes halogenated alkanes) is 4. The first-order valence-electron chi connectivity index (χ1n) is 7.99. The van der Waals surface area contributed by atoms with E-state index in [1.165, 1.54) is 64.3 Å². The van der Waals surface area contributed by atoms with Gasteiger partial charge >= 0.3 is 0 Å². The van der Waals surface area contributed by atoms with E-state index in [1.54, 1.807) is 0 Å². The molecule has 0 aliphatic rings. The Balaban J connectivity index is 3.75. The fourth-order valence-corrected chi connectivity index (χ4v) is 2.54. The molecule has 0 aromatic carbocycles. The van der Waals surface area contributed by atoms with Crippen molar-refractivity contribution in [2.75, 3.05) is 6.54 Å². The molecule has 0 rings (SSSR count). The molecule has 1 nitrogen and oxygen atoms in total. The van der Waals surface area contributed by atoms with Crippen LogP contribution in [0.4, 0.5) is 0 Å². The molecule has 0 spiro atoms. The Morgan fingerprint density at radius 3 is 2.06 bits per heavy atom. The Hall–Kier alpha value is -0.0400. The van der Waals surface area contributed by atoms with Crippen molar-refractivity contribution in [2.24, 2.45) is 5.92 Å². The molecule has 2 atom stereocenters. The predicted octanol–water partition coefficient (Wildman–Crippen LogP) is 5.15. The lowest BCUT2D eigenvalue weighted by Crippen LogP contribution is -2.35. The fourth-order valence-electron chi connectivity index (χ4n) is 2.54. The minimum atomic E-state index is 0.761. The summed E-state index contributed by atoms with van der Waals surface area (Å²) in [6.45, 7) is 10.5. The summed E-state index contributed by atoms with van der Waals surface area (Å²) in [5.74, 6) is 0.845. The molecule has 1 heteroatoms. The van der Waals surface area contributed by atoms with Gasteiger partial charge in [0.1, 0.15) is 0 Å². The normalized spacial score (nSPS) is 14.8. The summed E-state index contributed by atoms with van der Waals surface area (Å²) in [4.78, 5) is 0. The largest absolute Gasteiger partial charge is 0.314 e. The second kappa shape index (κ2) is 12.4. The van der Waals surface area contributed by atoms with Crippen LogP contribution in [-0.2, 0) is 0 Å². The zero-order valence-corrected chi connectivity index (χ0v) is 12.7. The van der Waals surface area contributed by atoms with Crippen molar-refractivity contribution in [1.29, 1.82) is 0 Å². The van der Waals surface area contributed by atoms with E-state index in [-0.39, 0.29) is 0 Å². The molecule has 0 amide bonds. The zero-order chi connectivity index (χ0) is 12.9. The van der Waals surface area contributed by atoms with Crippen LogP contribution in [0.5, 0.6) is 0 Å². The molecule has 0 saturated heterocycles. The summed E-state index contributed by atoms with van der Waals surface area (Å²) < 4.78 is 0. The standard InChI is InChI=1S/C16H35N/c1-5-8-9-10-11-13-16(17-14-7-3)15(4)12-6-2/h15-17H,5-14H2,1-4H3. The van der Waals surface area contributed by atoms with Gasteiger partial charge in [-0.1, -0.05) is 66.2 Å². The number of hydrogen-bond donors (Lipinski definition) is 1. The van der Waals surface area contributed by atoms with Crippen molar-refractivity contribution in [2.45, 2.75) is 91.5 Å². The molecule has 0 saturated carbocycles. The van der Waals surface area contributed by atoms with Gasteiger partial charge in [-0.3, -0.25) is 0 Å². The van der Waals surface area contributed by atoms with E-state index in [2.05, 4.69) is 33.0 Å². The monoisotopic (exact) mass is 241 g/mol. The van der Waals surface area contributed by atoms with E-state index in [0.29, 0.717) is 0 Å². The van der Waals surface area contributed by atoms with Gasteiger partial charge in [0.05, 0.1) is 0 Å². The molecule has 0 radical (unpaired) electrons. The average molecular weight is 241 g/mol. The quantitative estimate of drug-likeness (QED) is 0.466. The predicted molar refractivity (Wildman–Crippen MR) is 79.5 cm³/mol. The highest BCUT2D eigenvalue weighted by atomic mass is 14.9. The van der Waals surface area contributed by atoms with Crippen LogP contribution < -0.4 is 5.32 Å². The fraction of sp³-hybridized carbons (Fsp3) is 1.00. The molecule has 104 valence electrons. The first kappa shape index (κ1) is 17.0. The third-order valence-corrected chi connectivity index (χ3v) is 3.71. The molecule has 0 bridgehead atoms.